The summed E-state index contributed by atoms with van der Waals surface area (Å²) in [6.45, 7) is 6.86. The van der Waals surface area contributed by atoms with Gasteiger partial charge in [0.2, 0.25) is 24.3 Å². The largest absolute Gasteiger partial charge is 0.235 e. The van der Waals surface area contributed by atoms with Gasteiger partial charge in [-0.25, -0.2) is 39.1 Å². The Bertz CT molecular complexity index is 678. The Labute approximate surface area is 165 Å². The number of nitrogens with zero attached hydrogens (tertiary/aromatic N) is 4. The zero-order chi connectivity index (χ0) is 21.0. The second-order valence-electron chi connectivity index (χ2n) is 8.74. The van der Waals surface area contributed by atoms with E-state index in [-0.39, 0.29) is 29.0 Å². The van der Waals surface area contributed by atoms with Crippen LogP contribution >= 0.6 is 0 Å². The molecule has 28 heavy (non-hydrogen) atoms. The van der Waals surface area contributed by atoms with Gasteiger partial charge in [0.25, 0.3) is 0 Å². The first-order chi connectivity index (χ1) is 13.3. The zero-order valence-electron chi connectivity index (χ0n) is 16.8. The minimum absolute atomic E-state index is 0.00750. The Morgan fingerprint density at radius 1 is 0.714 bits per heavy atom. The van der Waals surface area contributed by atoms with Crippen molar-refractivity contribution >= 4 is 24.3 Å². The lowest BCUT2D eigenvalue weighted by Crippen LogP contribution is -2.39. The van der Waals surface area contributed by atoms with E-state index in [0.29, 0.717) is 6.54 Å². The van der Waals surface area contributed by atoms with Gasteiger partial charge in [0.15, 0.2) is 0 Å². The van der Waals surface area contributed by atoms with Crippen molar-refractivity contribution in [3.63, 3.8) is 0 Å². The zero-order valence-corrected chi connectivity index (χ0v) is 16.8. The molecule has 2 rings (SSSR count). The second-order valence-corrected chi connectivity index (χ2v) is 8.74. The lowest BCUT2D eigenvalue weighted by Gasteiger charge is -2.44. The molecule has 0 aromatic rings. The Kier molecular flexibility index (Phi) is 9.58. The molecule has 2 saturated carbocycles. The highest BCUT2D eigenvalue weighted by molar-refractivity contribution is 5.35. The van der Waals surface area contributed by atoms with Gasteiger partial charge in [-0.3, -0.25) is 0 Å². The number of hydrogen-bond acceptors (Lipinski definition) is 8. The molecule has 152 valence electrons. The van der Waals surface area contributed by atoms with E-state index in [1.807, 2.05) is 0 Å². The van der Waals surface area contributed by atoms with Gasteiger partial charge in [-0.2, -0.15) is 0 Å². The monoisotopic (exact) mass is 388 g/mol. The maximum Gasteiger partial charge on any atom is 0.235 e. The maximum absolute atomic E-state index is 10.3. The molecule has 0 bridgehead atoms. The van der Waals surface area contributed by atoms with Crippen LogP contribution in [0.4, 0.5) is 0 Å². The van der Waals surface area contributed by atoms with Crippen molar-refractivity contribution < 1.29 is 19.2 Å². The van der Waals surface area contributed by atoms with Crippen LogP contribution < -0.4 is 0 Å². The molecule has 8 nitrogen and oxygen atoms in total. The van der Waals surface area contributed by atoms with E-state index in [2.05, 4.69) is 40.7 Å². The van der Waals surface area contributed by atoms with Gasteiger partial charge in [-0.1, -0.05) is 20.8 Å². The smallest absolute Gasteiger partial charge is 0.211 e. The van der Waals surface area contributed by atoms with Crippen LogP contribution in [-0.4, -0.2) is 49.0 Å². The third-order valence-corrected chi connectivity index (χ3v) is 5.32. The number of hydrogen-bond donors (Lipinski definition) is 0. The molecular formula is C20H28N4O4. The summed E-state index contributed by atoms with van der Waals surface area (Å²) in [7, 11) is 0. The molecule has 0 aromatic heterocycles. The Morgan fingerprint density at radius 3 is 1.61 bits per heavy atom. The maximum atomic E-state index is 10.3. The average Bonchev–Trinajstić information content (AvgIpc) is 2.61. The molecule has 0 spiro atoms. The molecule has 0 heterocycles. The van der Waals surface area contributed by atoms with Crippen molar-refractivity contribution in [2.75, 3.05) is 6.54 Å². The van der Waals surface area contributed by atoms with Crippen LogP contribution in [0.25, 0.3) is 0 Å². The molecule has 2 aliphatic carbocycles. The fourth-order valence-electron chi connectivity index (χ4n) is 4.55. The van der Waals surface area contributed by atoms with Gasteiger partial charge in [0.05, 0.1) is 24.7 Å². The number of carbonyl (C=O) groups excluding carboxylic acids is 4. The number of isocyanates is 4. The Balaban J connectivity index is 0.000000292. The van der Waals surface area contributed by atoms with E-state index in [0.717, 1.165) is 44.9 Å². The third kappa shape index (κ3) is 8.47. The van der Waals surface area contributed by atoms with E-state index in [9.17, 15) is 19.2 Å². The van der Waals surface area contributed by atoms with Gasteiger partial charge in [-0.05, 0) is 55.8 Å². The summed E-state index contributed by atoms with van der Waals surface area (Å²) in [5.41, 5.74) is 0.0561. The molecule has 0 radical (unpaired) electrons. The summed E-state index contributed by atoms with van der Waals surface area (Å²) in [5.74, 6) is 0. The van der Waals surface area contributed by atoms with Crippen LogP contribution in [0.3, 0.4) is 0 Å². The van der Waals surface area contributed by atoms with Gasteiger partial charge >= 0.3 is 0 Å². The van der Waals surface area contributed by atoms with Gasteiger partial charge in [0, 0.05) is 0 Å². The molecule has 2 aliphatic rings. The van der Waals surface area contributed by atoms with Crippen molar-refractivity contribution in [2.24, 2.45) is 30.8 Å². The Hall–Kier alpha value is -2.48. The van der Waals surface area contributed by atoms with Crippen molar-refractivity contribution in [1.82, 2.24) is 0 Å². The average molecular weight is 388 g/mol. The summed E-state index contributed by atoms with van der Waals surface area (Å²) < 4.78 is 0. The summed E-state index contributed by atoms with van der Waals surface area (Å²) >= 11 is 0. The van der Waals surface area contributed by atoms with Crippen LogP contribution in [0.2, 0.25) is 0 Å². The summed E-state index contributed by atoms with van der Waals surface area (Å²) in [5, 5.41) is 0. The highest BCUT2D eigenvalue weighted by Gasteiger charge is 2.41. The fraction of sp³-hybridized carbons (Fsp3) is 0.800. The molecule has 2 unspecified atom stereocenters. The van der Waals surface area contributed by atoms with Crippen LogP contribution in [-0.2, 0) is 19.2 Å². The fourth-order valence-corrected chi connectivity index (χ4v) is 4.55. The highest BCUT2D eigenvalue weighted by atomic mass is 16.1. The third-order valence-electron chi connectivity index (χ3n) is 5.32. The van der Waals surface area contributed by atoms with E-state index in [1.165, 1.54) is 0 Å². The molecule has 0 saturated heterocycles. The van der Waals surface area contributed by atoms with Crippen LogP contribution in [0, 0.1) is 10.8 Å². The van der Waals surface area contributed by atoms with Gasteiger partial charge in [-0.15, -0.1) is 0 Å². The molecule has 0 amide bonds. The van der Waals surface area contributed by atoms with Crippen LogP contribution in [0.15, 0.2) is 20.0 Å². The standard InChI is InChI=1S/C12H18N2O2.C8H10N2O2/c1-11(2)4-10(14-9-16)5-12(3,6-11)7-13-8-15;11-5-9-7-1-2-8(4-3-7)10-6-12/h10H,4-7H2,1-3H3;7-8H,1-4H2/t;7-,8-. The molecule has 0 aliphatic heterocycles. The van der Waals surface area contributed by atoms with E-state index >= 15 is 0 Å². The topological polar surface area (TPSA) is 118 Å². The molecule has 0 N–H and O–H groups in total. The van der Waals surface area contributed by atoms with Crippen molar-refractivity contribution in [1.29, 1.82) is 0 Å². The van der Waals surface area contributed by atoms with Crippen LogP contribution in [0.5, 0.6) is 0 Å². The molecular weight excluding hydrogens is 360 g/mol. The van der Waals surface area contributed by atoms with E-state index in [1.54, 1.807) is 24.3 Å². The SMILES string of the molecule is CC1(C)CC(N=C=O)CC(C)(CN=C=O)C1.O=C=N[C@H]1CC[C@H](N=C=O)CC1. The predicted octanol–water partition coefficient (Wildman–Crippen LogP) is 3.21. The highest BCUT2D eigenvalue weighted by Crippen LogP contribution is 2.47. The van der Waals surface area contributed by atoms with Crippen molar-refractivity contribution in [3.05, 3.63) is 0 Å². The summed E-state index contributed by atoms with van der Waals surface area (Å²) in [6.07, 6.45) is 12.3. The van der Waals surface area contributed by atoms with Crippen molar-refractivity contribution in [2.45, 2.75) is 83.8 Å². The lowest BCUT2D eigenvalue weighted by atomic mass is 9.63. The Morgan fingerprint density at radius 2 is 1.18 bits per heavy atom. The summed E-state index contributed by atoms with van der Waals surface area (Å²) in [4.78, 5) is 55.1. The molecule has 2 atom stereocenters. The van der Waals surface area contributed by atoms with Gasteiger partial charge < -0.3 is 0 Å². The molecule has 0 aromatic carbocycles. The second kappa shape index (κ2) is 11.4. The molecule has 2 fully saturated rings. The minimum Gasteiger partial charge on any atom is -0.211 e. The summed E-state index contributed by atoms with van der Waals surface area (Å²) in [6, 6.07) is 0.203. The van der Waals surface area contributed by atoms with E-state index in [4.69, 9.17) is 0 Å². The van der Waals surface area contributed by atoms with Crippen molar-refractivity contribution in [3.8, 4) is 0 Å². The quantitative estimate of drug-likeness (QED) is 0.531. The number of rotatable bonds is 5. The lowest BCUT2D eigenvalue weighted by molar-refractivity contribution is 0.0915. The first-order valence-electron chi connectivity index (χ1n) is 9.52. The van der Waals surface area contributed by atoms with E-state index < -0.39 is 0 Å². The predicted molar refractivity (Wildman–Crippen MR) is 103 cm³/mol. The first-order valence-corrected chi connectivity index (χ1v) is 9.52. The van der Waals surface area contributed by atoms with Crippen LogP contribution in [0.1, 0.15) is 65.7 Å². The normalized spacial score (nSPS) is 30.6. The number of aliphatic imine (C=N–C) groups is 4. The van der Waals surface area contributed by atoms with Gasteiger partial charge in [0.1, 0.15) is 0 Å². The first kappa shape index (κ1) is 23.6. The molecule has 8 heteroatoms. The minimum atomic E-state index is -0.0653.